The molecule has 0 spiro atoms. The quantitative estimate of drug-likeness (QED) is 0.138. The molecule has 4 aromatic rings. The van der Waals surface area contributed by atoms with Crippen molar-refractivity contribution in [2.75, 3.05) is 13.2 Å². The lowest BCUT2D eigenvalue weighted by Crippen LogP contribution is -2.32. The first-order valence-corrected chi connectivity index (χ1v) is 13.4. The Kier molecular flexibility index (Phi) is 8.66. The Morgan fingerprint density at radius 2 is 1.89 bits per heavy atom. The third-order valence-corrected chi connectivity index (χ3v) is 6.96. The Labute approximate surface area is 224 Å². The fraction of sp³-hybridized carbons (Fsp3) is 0.281. The minimum Gasteiger partial charge on any atom is -0.358 e. The van der Waals surface area contributed by atoms with Crippen LogP contribution in [0.3, 0.4) is 0 Å². The van der Waals surface area contributed by atoms with Crippen LogP contribution in [0, 0.1) is 6.92 Å². The zero-order valence-electron chi connectivity index (χ0n) is 21.8. The molecule has 5 rings (SSSR count). The lowest BCUT2D eigenvalue weighted by atomic mass is 10.0. The number of hydrogen-bond acceptors (Lipinski definition) is 4. The van der Waals surface area contributed by atoms with Gasteiger partial charge in [-0.3, -0.25) is 4.79 Å². The number of nitrogens with one attached hydrogen (secondary N) is 3. The largest absolute Gasteiger partial charge is 0.358 e. The van der Waals surface area contributed by atoms with E-state index >= 15 is 0 Å². The Balaban J connectivity index is 1.10. The second kappa shape index (κ2) is 12.7. The summed E-state index contributed by atoms with van der Waals surface area (Å²) >= 11 is 0. The molecule has 1 atom stereocenters. The second-order valence-electron chi connectivity index (χ2n) is 9.70. The maximum atomic E-state index is 12.0. The summed E-state index contributed by atoms with van der Waals surface area (Å²) in [4.78, 5) is 20.9. The minimum atomic E-state index is -0.348. The molecule has 1 amide bonds. The summed E-state index contributed by atoms with van der Waals surface area (Å²) in [5.74, 6) is -0.298. The first kappa shape index (κ1) is 25.9. The molecule has 1 unspecified atom stereocenters. The highest BCUT2D eigenvalue weighted by molar-refractivity contribution is 5.97. The highest BCUT2D eigenvalue weighted by atomic mass is 16.8. The number of hydroxylamine groups is 1. The molecular formula is C32H35N3O3. The average Bonchev–Trinajstić information content (AvgIpc) is 3.29. The molecule has 38 heavy (non-hydrogen) atoms. The van der Waals surface area contributed by atoms with Crippen LogP contribution in [0.2, 0.25) is 0 Å². The summed E-state index contributed by atoms with van der Waals surface area (Å²) < 4.78 is 5.44. The van der Waals surface area contributed by atoms with E-state index in [0.717, 1.165) is 44.3 Å². The normalized spacial score (nSPS) is 15.8. The topological polar surface area (TPSA) is 75.4 Å². The first-order chi connectivity index (χ1) is 18.7. The van der Waals surface area contributed by atoms with E-state index in [4.69, 9.17) is 9.57 Å². The Bertz CT molecular complexity index is 1370. The third-order valence-electron chi connectivity index (χ3n) is 6.96. The van der Waals surface area contributed by atoms with Crippen molar-refractivity contribution in [3.8, 4) is 11.1 Å². The zero-order chi connectivity index (χ0) is 26.2. The van der Waals surface area contributed by atoms with Gasteiger partial charge in [0, 0.05) is 42.3 Å². The summed E-state index contributed by atoms with van der Waals surface area (Å²) in [7, 11) is 0. The van der Waals surface area contributed by atoms with Gasteiger partial charge in [0.15, 0.2) is 6.29 Å². The molecule has 1 fully saturated rings. The van der Waals surface area contributed by atoms with Gasteiger partial charge in [-0.2, -0.15) is 0 Å². The number of ether oxygens (including phenoxy) is 1. The number of carbonyl (C=O) groups is 1. The summed E-state index contributed by atoms with van der Waals surface area (Å²) in [6, 6.07) is 25.3. The van der Waals surface area contributed by atoms with Crippen LogP contribution in [0.4, 0.5) is 0 Å². The highest BCUT2D eigenvalue weighted by Crippen LogP contribution is 2.31. The van der Waals surface area contributed by atoms with E-state index in [0.29, 0.717) is 6.61 Å². The minimum absolute atomic E-state index is 0.298. The van der Waals surface area contributed by atoms with Crippen molar-refractivity contribution < 1.29 is 14.4 Å². The van der Waals surface area contributed by atoms with Crippen molar-refractivity contribution in [3.05, 3.63) is 101 Å². The van der Waals surface area contributed by atoms with Crippen LogP contribution in [0.25, 0.3) is 28.1 Å². The maximum absolute atomic E-state index is 12.0. The molecule has 6 nitrogen and oxygen atoms in total. The van der Waals surface area contributed by atoms with Crippen molar-refractivity contribution in [3.63, 3.8) is 0 Å². The van der Waals surface area contributed by atoms with Gasteiger partial charge in [0.05, 0.1) is 5.52 Å². The predicted octanol–water partition coefficient (Wildman–Crippen LogP) is 6.06. The fourth-order valence-corrected chi connectivity index (χ4v) is 4.91. The summed E-state index contributed by atoms with van der Waals surface area (Å²) in [5.41, 5.74) is 10.9. The maximum Gasteiger partial charge on any atom is 0.267 e. The number of amides is 1. The number of aryl methyl sites for hydroxylation is 1. The molecule has 0 bridgehead atoms. The predicted molar refractivity (Wildman–Crippen MR) is 152 cm³/mol. The van der Waals surface area contributed by atoms with E-state index < -0.39 is 0 Å². The van der Waals surface area contributed by atoms with Crippen LogP contribution in [-0.2, 0) is 27.3 Å². The van der Waals surface area contributed by atoms with E-state index in [-0.39, 0.29) is 12.2 Å². The lowest BCUT2D eigenvalue weighted by Gasteiger charge is -2.21. The first-order valence-electron chi connectivity index (χ1n) is 13.4. The highest BCUT2D eigenvalue weighted by Gasteiger charge is 2.15. The molecule has 196 valence electrons. The molecule has 1 saturated heterocycles. The number of hydrogen-bond donors (Lipinski definition) is 3. The van der Waals surface area contributed by atoms with Crippen molar-refractivity contribution in [1.29, 1.82) is 0 Å². The Hall–Kier alpha value is -3.71. The number of benzene rings is 3. The number of para-hydroxylation sites is 1. The van der Waals surface area contributed by atoms with Crippen LogP contribution in [0.5, 0.6) is 0 Å². The monoisotopic (exact) mass is 509 g/mol. The number of rotatable bonds is 10. The van der Waals surface area contributed by atoms with Crippen LogP contribution in [-0.4, -0.2) is 30.3 Å². The van der Waals surface area contributed by atoms with Gasteiger partial charge in [-0.15, -0.1) is 0 Å². The van der Waals surface area contributed by atoms with E-state index in [1.807, 2.05) is 12.1 Å². The van der Waals surface area contributed by atoms with Crippen molar-refractivity contribution in [2.24, 2.45) is 0 Å². The molecule has 1 aromatic heterocycles. The van der Waals surface area contributed by atoms with Crippen LogP contribution in [0.15, 0.2) is 78.9 Å². The molecule has 1 aliphatic heterocycles. The van der Waals surface area contributed by atoms with Gasteiger partial charge in [-0.25, -0.2) is 10.3 Å². The molecule has 3 N–H and O–H groups in total. The van der Waals surface area contributed by atoms with Crippen LogP contribution in [0.1, 0.15) is 41.6 Å². The van der Waals surface area contributed by atoms with Crippen molar-refractivity contribution in [2.45, 2.75) is 45.4 Å². The molecule has 2 heterocycles. The number of aromatic amines is 1. The lowest BCUT2D eigenvalue weighted by molar-refractivity contribution is -0.198. The molecule has 0 saturated carbocycles. The van der Waals surface area contributed by atoms with Gasteiger partial charge in [0.2, 0.25) is 0 Å². The van der Waals surface area contributed by atoms with Gasteiger partial charge >= 0.3 is 0 Å². The number of carbonyl (C=O) groups excluding carboxylic acids is 1. The number of fused-ring (bicyclic) bond motifs is 1. The van der Waals surface area contributed by atoms with Gasteiger partial charge < -0.3 is 15.0 Å². The second-order valence-corrected chi connectivity index (χ2v) is 9.70. The van der Waals surface area contributed by atoms with E-state index in [1.54, 1.807) is 6.08 Å². The fourth-order valence-electron chi connectivity index (χ4n) is 4.91. The molecule has 0 radical (unpaired) electrons. The summed E-state index contributed by atoms with van der Waals surface area (Å²) in [6.07, 6.45) is 6.75. The standard InChI is InChI=1S/C32H35N3O3/c1-23-27(29-11-7-10-28(32(29)34-23)26-8-3-2-4-9-26)19-20-33-22-25-15-13-24(14-16-25)17-18-30(36)35-38-31-12-5-6-21-37-31/h2-4,7-11,13-18,31,33-34H,5-6,12,19-22H2,1H3,(H,35,36)/b18-17+. The number of aromatic nitrogens is 1. The molecule has 6 heteroatoms. The van der Waals surface area contributed by atoms with Gasteiger partial charge in [-0.1, -0.05) is 72.8 Å². The number of H-pyrrole nitrogens is 1. The smallest absolute Gasteiger partial charge is 0.267 e. The average molecular weight is 510 g/mol. The molecular weight excluding hydrogens is 474 g/mol. The van der Waals surface area contributed by atoms with Gasteiger partial charge in [0.25, 0.3) is 5.91 Å². The molecule has 0 aliphatic carbocycles. The van der Waals surface area contributed by atoms with Crippen molar-refractivity contribution >= 4 is 22.9 Å². The van der Waals surface area contributed by atoms with E-state index in [2.05, 4.69) is 83.4 Å². The van der Waals surface area contributed by atoms with E-state index in [1.165, 1.54) is 44.9 Å². The SMILES string of the molecule is Cc1[nH]c2c(-c3ccccc3)cccc2c1CCNCc1ccc(/C=C/C(=O)NOC2CCCCO2)cc1. The van der Waals surface area contributed by atoms with Crippen LogP contribution >= 0.6 is 0 Å². The van der Waals surface area contributed by atoms with Gasteiger partial charge in [0.1, 0.15) is 0 Å². The Morgan fingerprint density at radius 1 is 1.05 bits per heavy atom. The Morgan fingerprint density at radius 3 is 2.68 bits per heavy atom. The zero-order valence-corrected chi connectivity index (χ0v) is 21.8. The summed E-state index contributed by atoms with van der Waals surface area (Å²) in [5, 5.41) is 4.87. The summed E-state index contributed by atoms with van der Waals surface area (Å²) in [6.45, 7) is 4.51. The van der Waals surface area contributed by atoms with Crippen LogP contribution < -0.4 is 10.8 Å². The molecule has 3 aromatic carbocycles. The van der Waals surface area contributed by atoms with Crippen molar-refractivity contribution in [1.82, 2.24) is 15.8 Å². The molecule has 1 aliphatic rings. The third kappa shape index (κ3) is 6.58. The van der Waals surface area contributed by atoms with E-state index in [9.17, 15) is 4.79 Å². The van der Waals surface area contributed by atoms with Gasteiger partial charge in [-0.05, 0) is 61.1 Å².